The summed E-state index contributed by atoms with van der Waals surface area (Å²) in [5.41, 5.74) is 9.98. The van der Waals surface area contributed by atoms with Gasteiger partial charge in [-0.05, 0) is 12.1 Å². The summed E-state index contributed by atoms with van der Waals surface area (Å²) in [5, 5.41) is 5.36. The standard InChI is InChI=1S/C16H19N5/c1-20(10-12-9-18-21(2)11-12)16-7-13(8-17)19-15-6-4-3-5-14(15)16/h3-7,9,11H,8,10,17H2,1-2H3. The predicted octanol–water partition coefficient (Wildman–Crippen LogP) is 2.06. The molecule has 0 aliphatic heterocycles. The Morgan fingerprint density at radius 3 is 2.81 bits per heavy atom. The summed E-state index contributed by atoms with van der Waals surface area (Å²) in [6, 6.07) is 10.2. The van der Waals surface area contributed by atoms with Gasteiger partial charge in [0, 0.05) is 50.0 Å². The second kappa shape index (κ2) is 5.54. The third-order valence-corrected chi connectivity index (χ3v) is 3.55. The van der Waals surface area contributed by atoms with Crippen LogP contribution in [-0.2, 0) is 20.1 Å². The molecule has 3 aromatic rings. The smallest absolute Gasteiger partial charge is 0.0726 e. The fraction of sp³-hybridized carbons (Fsp3) is 0.250. The SMILES string of the molecule is CN(Cc1cnn(C)c1)c1cc(CN)nc2ccccc12. The van der Waals surface area contributed by atoms with E-state index < -0.39 is 0 Å². The average Bonchev–Trinajstić information content (AvgIpc) is 2.91. The normalized spacial score (nSPS) is 11.0. The van der Waals surface area contributed by atoms with Crippen LogP contribution in [0.15, 0.2) is 42.7 Å². The van der Waals surface area contributed by atoms with E-state index in [1.807, 2.05) is 42.3 Å². The highest BCUT2D eigenvalue weighted by molar-refractivity contribution is 5.91. The molecular formula is C16H19N5. The van der Waals surface area contributed by atoms with Gasteiger partial charge in [-0.3, -0.25) is 9.67 Å². The molecule has 1 aromatic carbocycles. The van der Waals surface area contributed by atoms with E-state index in [4.69, 9.17) is 5.73 Å². The molecule has 0 spiro atoms. The first-order valence-electron chi connectivity index (χ1n) is 6.95. The maximum atomic E-state index is 5.77. The maximum Gasteiger partial charge on any atom is 0.0726 e. The number of rotatable bonds is 4. The average molecular weight is 281 g/mol. The van der Waals surface area contributed by atoms with Gasteiger partial charge in [0.25, 0.3) is 0 Å². The number of nitrogens with two attached hydrogens (primary N) is 1. The molecule has 5 nitrogen and oxygen atoms in total. The summed E-state index contributed by atoms with van der Waals surface area (Å²) in [5.74, 6) is 0. The van der Waals surface area contributed by atoms with Crippen molar-refractivity contribution in [1.29, 1.82) is 0 Å². The Kier molecular flexibility index (Phi) is 3.58. The summed E-state index contributed by atoms with van der Waals surface area (Å²) in [6.07, 6.45) is 3.92. The van der Waals surface area contributed by atoms with Gasteiger partial charge in [0.05, 0.1) is 17.4 Å². The first kappa shape index (κ1) is 13.6. The zero-order valence-electron chi connectivity index (χ0n) is 12.3. The van der Waals surface area contributed by atoms with Gasteiger partial charge in [-0.15, -0.1) is 0 Å². The van der Waals surface area contributed by atoms with E-state index in [-0.39, 0.29) is 0 Å². The van der Waals surface area contributed by atoms with Crippen LogP contribution in [0.1, 0.15) is 11.3 Å². The number of benzene rings is 1. The summed E-state index contributed by atoms with van der Waals surface area (Å²) in [7, 11) is 4.01. The van der Waals surface area contributed by atoms with Crippen molar-refractivity contribution < 1.29 is 0 Å². The van der Waals surface area contributed by atoms with E-state index in [2.05, 4.69) is 34.2 Å². The fourth-order valence-electron chi connectivity index (χ4n) is 2.54. The van der Waals surface area contributed by atoms with E-state index in [1.54, 1.807) is 0 Å². The lowest BCUT2D eigenvalue weighted by Crippen LogP contribution is -2.17. The van der Waals surface area contributed by atoms with Crippen LogP contribution in [0.4, 0.5) is 5.69 Å². The molecule has 0 radical (unpaired) electrons. The highest BCUT2D eigenvalue weighted by Crippen LogP contribution is 2.27. The molecular weight excluding hydrogens is 262 g/mol. The lowest BCUT2D eigenvalue weighted by molar-refractivity contribution is 0.766. The number of nitrogens with zero attached hydrogens (tertiary/aromatic N) is 4. The summed E-state index contributed by atoms with van der Waals surface area (Å²) in [4.78, 5) is 6.79. The first-order valence-corrected chi connectivity index (χ1v) is 6.95. The molecule has 0 amide bonds. The van der Waals surface area contributed by atoms with Gasteiger partial charge in [0.1, 0.15) is 0 Å². The van der Waals surface area contributed by atoms with Gasteiger partial charge < -0.3 is 10.6 Å². The lowest BCUT2D eigenvalue weighted by Gasteiger charge is -2.21. The number of para-hydroxylation sites is 1. The van der Waals surface area contributed by atoms with E-state index in [9.17, 15) is 0 Å². The van der Waals surface area contributed by atoms with Crippen molar-refractivity contribution >= 4 is 16.6 Å². The summed E-state index contributed by atoms with van der Waals surface area (Å²) in [6.45, 7) is 1.24. The molecule has 108 valence electrons. The fourth-order valence-corrected chi connectivity index (χ4v) is 2.54. The second-order valence-electron chi connectivity index (χ2n) is 5.23. The minimum absolute atomic E-state index is 0.443. The number of pyridine rings is 1. The van der Waals surface area contributed by atoms with Gasteiger partial charge in [0.15, 0.2) is 0 Å². The number of anilines is 1. The van der Waals surface area contributed by atoms with E-state index in [1.165, 1.54) is 5.56 Å². The number of hydrogen-bond donors (Lipinski definition) is 1. The quantitative estimate of drug-likeness (QED) is 0.795. The number of aromatic nitrogens is 3. The minimum Gasteiger partial charge on any atom is -0.370 e. The van der Waals surface area contributed by atoms with Crippen molar-refractivity contribution in [3.8, 4) is 0 Å². The largest absolute Gasteiger partial charge is 0.370 e. The molecule has 2 aromatic heterocycles. The first-order chi connectivity index (χ1) is 10.2. The van der Waals surface area contributed by atoms with Gasteiger partial charge >= 0.3 is 0 Å². The van der Waals surface area contributed by atoms with Crippen LogP contribution in [0.25, 0.3) is 10.9 Å². The third-order valence-electron chi connectivity index (χ3n) is 3.55. The van der Waals surface area contributed by atoms with Crippen molar-refractivity contribution in [2.45, 2.75) is 13.1 Å². The molecule has 21 heavy (non-hydrogen) atoms. The van der Waals surface area contributed by atoms with Crippen LogP contribution in [0.5, 0.6) is 0 Å². The highest BCUT2D eigenvalue weighted by atomic mass is 15.2. The second-order valence-corrected chi connectivity index (χ2v) is 5.23. The monoisotopic (exact) mass is 281 g/mol. The Morgan fingerprint density at radius 2 is 2.10 bits per heavy atom. The van der Waals surface area contributed by atoms with Crippen LogP contribution < -0.4 is 10.6 Å². The van der Waals surface area contributed by atoms with Gasteiger partial charge in [-0.2, -0.15) is 5.10 Å². The summed E-state index contributed by atoms with van der Waals surface area (Å²) < 4.78 is 1.82. The van der Waals surface area contributed by atoms with E-state index >= 15 is 0 Å². The molecule has 0 unspecified atom stereocenters. The zero-order valence-corrected chi connectivity index (χ0v) is 12.3. The van der Waals surface area contributed by atoms with Crippen molar-refractivity contribution in [3.05, 3.63) is 54.0 Å². The number of aryl methyl sites for hydroxylation is 1. The van der Waals surface area contributed by atoms with Gasteiger partial charge in [-0.25, -0.2) is 0 Å². The van der Waals surface area contributed by atoms with Crippen LogP contribution in [0.2, 0.25) is 0 Å². The van der Waals surface area contributed by atoms with Crippen molar-refractivity contribution in [2.24, 2.45) is 12.8 Å². The van der Waals surface area contributed by atoms with Crippen molar-refractivity contribution in [2.75, 3.05) is 11.9 Å². The topological polar surface area (TPSA) is 60.0 Å². The molecule has 5 heteroatoms. The van der Waals surface area contributed by atoms with Crippen LogP contribution >= 0.6 is 0 Å². The molecule has 0 saturated heterocycles. The highest BCUT2D eigenvalue weighted by Gasteiger charge is 2.10. The Bertz CT molecular complexity index is 762. The molecule has 0 fully saturated rings. The third kappa shape index (κ3) is 2.73. The molecule has 0 bridgehead atoms. The number of hydrogen-bond acceptors (Lipinski definition) is 4. The molecule has 0 aliphatic carbocycles. The van der Waals surface area contributed by atoms with Crippen LogP contribution in [-0.4, -0.2) is 21.8 Å². The minimum atomic E-state index is 0.443. The molecule has 2 N–H and O–H groups in total. The maximum absolute atomic E-state index is 5.77. The molecule has 2 heterocycles. The Morgan fingerprint density at radius 1 is 1.29 bits per heavy atom. The van der Waals surface area contributed by atoms with Crippen molar-refractivity contribution in [1.82, 2.24) is 14.8 Å². The predicted molar refractivity (Wildman–Crippen MR) is 84.9 cm³/mol. The summed E-state index contributed by atoms with van der Waals surface area (Å²) >= 11 is 0. The van der Waals surface area contributed by atoms with Gasteiger partial charge in [-0.1, -0.05) is 18.2 Å². The van der Waals surface area contributed by atoms with E-state index in [0.29, 0.717) is 6.54 Å². The van der Waals surface area contributed by atoms with E-state index in [0.717, 1.165) is 28.8 Å². The van der Waals surface area contributed by atoms with Crippen molar-refractivity contribution in [3.63, 3.8) is 0 Å². The Hall–Kier alpha value is -2.40. The molecule has 0 aliphatic rings. The zero-order chi connectivity index (χ0) is 14.8. The van der Waals surface area contributed by atoms with Gasteiger partial charge in [0.2, 0.25) is 0 Å². The molecule has 3 rings (SSSR count). The molecule has 0 saturated carbocycles. The number of fused-ring (bicyclic) bond motifs is 1. The Balaban J connectivity index is 2.01. The van der Waals surface area contributed by atoms with Crippen LogP contribution in [0, 0.1) is 0 Å². The lowest BCUT2D eigenvalue weighted by atomic mass is 10.1. The Labute approximate surface area is 124 Å². The molecule has 0 atom stereocenters. The van der Waals surface area contributed by atoms with Crippen LogP contribution in [0.3, 0.4) is 0 Å².